The van der Waals surface area contributed by atoms with Crippen molar-refractivity contribution in [1.29, 1.82) is 0 Å². The monoisotopic (exact) mass is 368 g/mol. The van der Waals surface area contributed by atoms with E-state index in [2.05, 4.69) is 11.8 Å². The lowest BCUT2D eigenvalue weighted by atomic mass is 9.95. The van der Waals surface area contributed by atoms with Crippen LogP contribution in [-0.4, -0.2) is 53.5 Å². The number of hydrogen-bond donors (Lipinski definition) is 0. The van der Waals surface area contributed by atoms with Crippen molar-refractivity contribution in [2.45, 2.75) is 57.2 Å². The zero-order valence-corrected chi connectivity index (χ0v) is 14.6. The second kappa shape index (κ2) is 6.17. The topological polar surface area (TPSA) is 40.6 Å². The van der Waals surface area contributed by atoms with Crippen molar-refractivity contribution >= 4 is 11.8 Å². The second-order valence-electron chi connectivity index (χ2n) is 8.24. The van der Waals surface area contributed by atoms with E-state index < -0.39 is 17.5 Å². The van der Waals surface area contributed by atoms with Gasteiger partial charge in [0.2, 0.25) is 5.91 Å². The summed E-state index contributed by atoms with van der Waals surface area (Å²) in [4.78, 5) is 28.5. The van der Waals surface area contributed by atoms with Gasteiger partial charge in [0.1, 0.15) is 5.41 Å². The molecule has 0 radical (unpaired) electrons. The summed E-state index contributed by atoms with van der Waals surface area (Å²) in [5.41, 5.74) is -1.98. The average Bonchev–Trinajstić information content (AvgIpc) is 3.14. The first-order valence-electron chi connectivity index (χ1n) is 9.48. The fourth-order valence-electron chi connectivity index (χ4n) is 4.65. The lowest BCUT2D eigenvalue weighted by Gasteiger charge is -2.35. The Morgan fingerprint density at radius 3 is 2.42 bits per heavy atom. The van der Waals surface area contributed by atoms with Gasteiger partial charge < -0.3 is 9.80 Å². The van der Waals surface area contributed by atoms with Gasteiger partial charge in [-0.25, -0.2) is 0 Å². The Kier molecular flexibility index (Phi) is 4.20. The van der Waals surface area contributed by atoms with E-state index in [0.717, 1.165) is 25.8 Å². The summed E-state index contributed by atoms with van der Waals surface area (Å²) < 4.78 is 38.8. The van der Waals surface area contributed by atoms with Crippen LogP contribution < -0.4 is 0 Å². The first-order chi connectivity index (χ1) is 12.3. The van der Waals surface area contributed by atoms with Crippen LogP contribution in [-0.2, 0) is 9.59 Å². The molecule has 26 heavy (non-hydrogen) atoms. The molecule has 3 atom stereocenters. The summed E-state index contributed by atoms with van der Waals surface area (Å²) in [7, 11) is 0. The molecule has 7 heteroatoms. The molecular weight excluding hydrogens is 345 g/mol. The molecule has 142 valence electrons. The van der Waals surface area contributed by atoms with Crippen LogP contribution in [0.15, 0.2) is 0 Å². The van der Waals surface area contributed by atoms with Gasteiger partial charge in [-0.1, -0.05) is 5.92 Å². The number of rotatable bonds is 1. The number of piperidine rings is 2. The molecule has 4 fully saturated rings. The number of halogens is 3. The Labute approximate surface area is 151 Å². The third kappa shape index (κ3) is 3.08. The van der Waals surface area contributed by atoms with Gasteiger partial charge in [-0.2, -0.15) is 13.2 Å². The maximum atomic E-state index is 12.9. The Morgan fingerprint density at radius 2 is 1.85 bits per heavy atom. The van der Waals surface area contributed by atoms with Crippen molar-refractivity contribution in [1.82, 2.24) is 9.80 Å². The highest BCUT2D eigenvalue weighted by atomic mass is 19.4. The fraction of sp³-hybridized carbons (Fsp3) is 0.789. The number of nitrogens with zero attached hydrogens (tertiary/aromatic N) is 2. The molecule has 2 amide bonds. The molecule has 2 saturated carbocycles. The number of carbonyl (C=O) groups excluding carboxylic acids is 2. The lowest BCUT2D eigenvalue weighted by Crippen LogP contribution is -2.48. The van der Waals surface area contributed by atoms with E-state index in [0.29, 0.717) is 24.9 Å². The highest BCUT2D eigenvalue weighted by Crippen LogP contribution is 2.57. The smallest absolute Gasteiger partial charge is 0.339 e. The van der Waals surface area contributed by atoms with Crippen LogP contribution >= 0.6 is 0 Å². The largest absolute Gasteiger partial charge is 0.405 e. The lowest BCUT2D eigenvalue weighted by molar-refractivity contribution is -0.168. The van der Waals surface area contributed by atoms with Crippen molar-refractivity contribution < 1.29 is 22.8 Å². The highest BCUT2D eigenvalue weighted by molar-refractivity contribution is 5.94. The molecule has 0 aromatic rings. The van der Waals surface area contributed by atoms with Crippen molar-refractivity contribution in [2.24, 2.45) is 17.3 Å². The number of likely N-dealkylation sites (tertiary alicyclic amines) is 2. The van der Waals surface area contributed by atoms with Gasteiger partial charge in [0, 0.05) is 25.7 Å². The molecule has 4 nitrogen and oxygen atoms in total. The van der Waals surface area contributed by atoms with Crippen LogP contribution in [0.3, 0.4) is 0 Å². The number of carbonyl (C=O) groups is 2. The van der Waals surface area contributed by atoms with Gasteiger partial charge in [-0.15, -0.1) is 0 Å². The maximum Gasteiger partial charge on any atom is 0.405 e. The fourth-order valence-corrected chi connectivity index (χ4v) is 4.65. The molecule has 0 aromatic carbocycles. The number of hydrogen-bond acceptors (Lipinski definition) is 2. The van der Waals surface area contributed by atoms with Crippen LogP contribution in [0.1, 0.15) is 44.9 Å². The van der Waals surface area contributed by atoms with Gasteiger partial charge in [0.25, 0.3) is 5.91 Å². The van der Waals surface area contributed by atoms with Gasteiger partial charge in [-0.3, -0.25) is 9.59 Å². The third-order valence-corrected chi connectivity index (χ3v) is 6.45. The zero-order valence-electron chi connectivity index (χ0n) is 14.6. The second-order valence-corrected chi connectivity index (χ2v) is 8.24. The molecule has 3 unspecified atom stereocenters. The number of alkyl halides is 3. The van der Waals surface area contributed by atoms with E-state index >= 15 is 0 Å². The minimum absolute atomic E-state index is 0.0323. The summed E-state index contributed by atoms with van der Waals surface area (Å²) in [5, 5.41) is 0. The molecule has 2 bridgehead atoms. The standard InChI is InChI=1S/C19H23F3N2O2/c20-19(21,22)18(7-8-18)6-5-16(25)23-9-1-2-14(12-23)17(26)24-11-13-3-4-15(24)10-13/h13-15H,1-4,7-12H2. The van der Waals surface area contributed by atoms with E-state index in [1.807, 2.05) is 4.90 Å². The molecule has 0 N–H and O–H groups in total. The van der Waals surface area contributed by atoms with E-state index in [1.165, 1.54) is 11.3 Å². The van der Waals surface area contributed by atoms with Gasteiger partial charge in [-0.05, 0) is 56.8 Å². The normalized spacial score (nSPS) is 32.2. The van der Waals surface area contributed by atoms with Gasteiger partial charge in [0.15, 0.2) is 0 Å². The summed E-state index contributed by atoms with van der Waals surface area (Å²) in [6.07, 6.45) is 0.330. The predicted octanol–water partition coefficient (Wildman–Crippen LogP) is 2.58. The molecular formula is C19H23F3N2O2. The average molecular weight is 368 g/mol. The quantitative estimate of drug-likeness (QED) is 0.668. The van der Waals surface area contributed by atoms with Crippen LogP contribution in [0.4, 0.5) is 13.2 Å². The van der Waals surface area contributed by atoms with Crippen LogP contribution in [0.5, 0.6) is 0 Å². The van der Waals surface area contributed by atoms with Crippen LogP contribution in [0.2, 0.25) is 0 Å². The summed E-state index contributed by atoms with van der Waals surface area (Å²) in [5.74, 6) is 4.28. The molecule has 2 saturated heterocycles. The van der Waals surface area contributed by atoms with Crippen molar-refractivity contribution in [3.8, 4) is 11.8 Å². The molecule has 4 rings (SSSR count). The minimum atomic E-state index is -4.38. The van der Waals surface area contributed by atoms with Crippen molar-refractivity contribution in [3.63, 3.8) is 0 Å². The maximum absolute atomic E-state index is 12.9. The number of amides is 2. The first-order valence-corrected chi connectivity index (χ1v) is 9.48. The van der Waals surface area contributed by atoms with Crippen molar-refractivity contribution in [3.05, 3.63) is 0 Å². The minimum Gasteiger partial charge on any atom is -0.339 e. The Morgan fingerprint density at radius 1 is 1.08 bits per heavy atom. The molecule has 2 aliphatic heterocycles. The third-order valence-electron chi connectivity index (χ3n) is 6.45. The van der Waals surface area contributed by atoms with E-state index in [4.69, 9.17) is 0 Å². The SMILES string of the molecule is O=C(C#CC1(C(F)(F)F)CC1)N1CCCC(C(=O)N2CC3CCC2C3)C1. The Bertz CT molecular complexity index is 674. The summed E-state index contributed by atoms with van der Waals surface area (Å²) in [6, 6.07) is 0.347. The highest BCUT2D eigenvalue weighted by Gasteiger charge is 2.62. The van der Waals surface area contributed by atoms with Crippen molar-refractivity contribution in [2.75, 3.05) is 19.6 Å². The molecule has 4 aliphatic rings. The number of fused-ring (bicyclic) bond motifs is 2. The molecule has 0 spiro atoms. The zero-order chi connectivity index (χ0) is 18.5. The van der Waals surface area contributed by atoms with E-state index in [9.17, 15) is 22.8 Å². The molecule has 2 aliphatic carbocycles. The Balaban J connectivity index is 1.38. The van der Waals surface area contributed by atoms with Crippen LogP contribution in [0, 0.1) is 29.1 Å². The predicted molar refractivity (Wildman–Crippen MR) is 87.6 cm³/mol. The summed E-state index contributed by atoms with van der Waals surface area (Å²) in [6.45, 7) is 1.56. The van der Waals surface area contributed by atoms with E-state index in [-0.39, 0.29) is 31.2 Å². The molecule has 2 heterocycles. The van der Waals surface area contributed by atoms with E-state index in [1.54, 1.807) is 0 Å². The Hall–Kier alpha value is -1.71. The first kappa shape index (κ1) is 17.7. The summed E-state index contributed by atoms with van der Waals surface area (Å²) >= 11 is 0. The van der Waals surface area contributed by atoms with Crippen LogP contribution in [0.25, 0.3) is 0 Å². The molecule has 0 aromatic heterocycles. The van der Waals surface area contributed by atoms with Gasteiger partial charge >= 0.3 is 6.18 Å². The van der Waals surface area contributed by atoms with Gasteiger partial charge in [0.05, 0.1) is 5.92 Å².